The minimum Gasteiger partial charge on any atom is -0.481 e. The number of hydrogen-bond acceptors (Lipinski definition) is 5. The van der Waals surface area contributed by atoms with E-state index in [1.807, 2.05) is 6.07 Å². The third kappa shape index (κ3) is 5.01. The average molecular weight is 394 g/mol. The van der Waals surface area contributed by atoms with E-state index in [2.05, 4.69) is 5.32 Å². The summed E-state index contributed by atoms with van der Waals surface area (Å²) in [5.41, 5.74) is 1.21. The number of rotatable bonds is 6. The van der Waals surface area contributed by atoms with Gasteiger partial charge in [0.25, 0.3) is 5.91 Å². The van der Waals surface area contributed by atoms with Crippen LogP contribution in [-0.2, 0) is 16.0 Å². The quantitative estimate of drug-likeness (QED) is 0.650. The Morgan fingerprint density at radius 2 is 1.83 bits per heavy atom. The summed E-state index contributed by atoms with van der Waals surface area (Å²) in [6, 6.07) is 15.2. The predicted molar refractivity (Wildman–Crippen MR) is 110 cm³/mol. The molecule has 0 spiro atoms. The number of amides is 2. The van der Waals surface area contributed by atoms with Crippen molar-refractivity contribution in [1.82, 2.24) is 4.90 Å². The highest BCUT2D eigenvalue weighted by Crippen LogP contribution is 2.21. The van der Waals surface area contributed by atoms with E-state index < -0.39 is 11.7 Å². The molecule has 0 radical (unpaired) electrons. The van der Waals surface area contributed by atoms with Gasteiger partial charge in [0, 0.05) is 37.3 Å². The average Bonchev–Trinajstić information content (AvgIpc) is 2.68. The number of likely N-dealkylation sites (N-methyl/N-ethyl adjacent to an activating group) is 1. The molecule has 0 fully saturated rings. The molecule has 1 heterocycles. The lowest BCUT2D eigenvalue weighted by atomic mass is 10.1. The summed E-state index contributed by atoms with van der Waals surface area (Å²) in [6.07, 6.45) is -0.622. The Morgan fingerprint density at radius 3 is 2.59 bits per heavy atom. The highest BCUT2D eigenvalue weighted by atomic mass is 16.5. The Labute approximate surface area is 167 Å². The van der Waals surface area contributed by atoms with Gasteiger partial charge in [0.1, 0.15) is 11.3 Å². The lowest BCUT2D eigenvalue weighted by Crippen LogP contribution is -2.31. The van der Waals surface area contributed by atoms with E-state index >= 15 is 0 Å². The largest absolute Gasteiger partial charge is 0.481 e. The van der Waals surface area contributed by atoms with E-state index in [4.69, 9.17) is 9.15 Å². The molecule has 3 aromatic rings. The lowest BCUT2D eigenvalue weighted by Gasteiger charge is -2.17. The molecule has 1 N–H and O–H groups in total. The summed E-state index contributed by atoms with van der Waals surface area (Å²) in [4.78, 5) is 37.5. The van der Waals surface area contributed by atoms with Crippen molar-refractivity contribution in [3.63, 3.8) is 0 Å². The van der Waals surface area contributed by atoms with Gasteiger partial charge in [-0.25, -0.2) is 4.79 Å². The third-order valence-corrected chi connectivity index (χ3v) is 4.39. The van der Waals surface area contributed by atoms with Crippen LogP contribution in [0.5, 0.6) is 5.75 Å². The van der Waals surface area contributed by atoms with Crippen LogP contribution in [-0.4, -0.2) is 36.9 Å². The Kier molecular flexibility index (Phi) is 5.97. The van der Waals surface area contributed by atoms with Gasteiger partial charge in [-0.2, -0.15) is 0 Å². The lowest BCUT2D eigenvalue weighted by molar-refractivity contribution is -0.128. The van der Waals surface area contributed by atoms with Crippen LogP contribution in [0.2, 0.25) is 0 Å². The Bertz CT molecular complexity index is 1100. The van der Waals surface area contributed by atoms with Gasteiger partial charge in [-0.05, 0) is 36.8 Å². The number of ether oxygens (including phenoxy) is 1. The van der Waals surface area contributed by atoms with Crippen LogP contribution < -0.4 is 15.7 Å². The first-order valence-corrected chi connectivity index (χ1v) is 9.13. The number of carbonyl (C=O) groups is 2. The summed E-state index contributed by atoms with van der Waals surface area (Å²) in [5, 5.41) is 3.57. The first-order valence-electron chi connectivity index (χ1n) is 9.13. The monoisotopic (exact) mass is 394 g/mol. The highest BCUT2D eigenvalue weighted by molar-refractivity contribution is 5.95. The topological polar surface area (TPSA) is 88.8 Å². The van der Waals surface area contributed by atoms with Crippen molar-refractivity contribution >= 4 is 28.5 Å². The van der Waals surface area contributed by atoms with Crippen LogP contribution in [0.1, 0.15) is 12.5 Å². The van der Waals surface area contributed by atoms with Crippen molar-refractivity contribution in [2.45, 2.75) is 19.4 Å². The second-order valence-electron chi connectivity index (χ2n) is 6.83. The van der Waals surface area contributed by atoms with Gasteiger partial charge in [0.15, 0.2) is 6.10 Å². The number of nitrogens with zero attached hydrogens (tertiary/aromatic N) is 1. The van der Waals surface area contributed by atoms with Gasteiger partial charge in [-0.1, -0.05) is 18.2 Å². The zero-order valence-corrected chi connectivity index (χ0v) is 16.5. The number of nitrogens with one attached hydrogen (secondary N) is 1. The van der Waals surface area contributed by atoms with Crippen molar-refractivity contribution in [3.05, 3.63) is 70.6 Å². The van der Waals surface area contributed by atoms with Crippen molar-refractivity contribution in [3.8, 4) is 5.75 Å². The molecule has 0 aliphatic carbocycles. The van der Waals surface area contributed by atoms with Crippen LogP contribution in [0, 0.1) is 0 Å². The van der Waals surface area contributed by atoms with Crippen molar-refractivity contribution in [2.24, 2.45) is 0 Å². The maximum absolute atomic E-state index is 12.6. The maximum atomic E-state index is 12.6. The summed E-state index contributed by atoms with van der Waals surface area (Å²) >= 11 is 0. The molecule has 0 aliphatic rings. The van der Waals surface area contributed by atoms with Gasteiger partial charge in [-0.3, -0.25) is 9.59 Å². The van der Waals surface area contributed by atoms with Gasteiger partial charge in [0.2, 0.25) is 5.91 Å². The number of hydrogen-bond donors (Lipinski definition) is 1. The molecule has 0 saturated heterocycles. The van der Waals surface area contributed by atoms with Crippen LogP contribution in [0.25, 0.3) is 11.0 Å². The summed E-state index contributed by atoms with van der Waals surface area (Å²) in [5.74, 6) is -0.0106. The smallest absolute Gasteiger partial charge is 0.336 e. The zero-order valence-electron chi connectivity index (χ0n) is 16.5. The molecule has 0 aliphatic heterocycles. The van der Waals surface area contributed by atoms with Crippen molar-refractivity contribution < 1.29 is 18.7 Å². The first kappa shape index (κ1) is 20.1. The zero-order chi connectivity index (χ0) is 21.0. The maximum Gasteiger partial charge on any atom is 0.336 e. The first-order chi connectivity index (χ1) is 13.8. The van der Waals surface area contributed by atoms with E-state index in [0.29, 0.717) is 17.0 Å². The van der Waals surface area contributed by atoms with Crippen LogP contribution in [0.3, 0.4) is 0 Å². The summed E-state index contributed by atoms with van der Waals surface area (Å²) < 4.78 is 10.8. The molecular weight excluding hydrogens is 372 g/mol. The molecule has 1 unspecified atom stereocenters. The molecular formula is C22H22N2O5. The van der Waals surface area contributed by atoms with Crippen LogP contribution >= 0.6 is 0 Å². The summed E-state index contributed by atoms with van der Waals surface area (Å²) in [7, 11) is 3.37. The molecule has 7 heteroatoms. The fourth-order valence-corrected chi connectivity index (χ4v) is 2.72. The molecule has 1 aromatic heterocycles. The van der Waals surface area contributed by atoms with E-state index in [9.17, 15) is 14.4 Å². The molecule has 1 atom stereocenters. The Morgan fingerprint density at radius 1 is 1.10 bits per heavy atom. The van der Waals surface area contributed by atoms with Gasteiger partial charge >= 0.3 is 5.63 Å². The van der Waals surface area contributed by atoms with E-state index in [-0.39, 0.29) is 18.2 Å². The molecule has 7 nitrogen and oxygen atoms in total. The van der Waals surface area contributed by atoms with Gasteiger partial charge < -0.3 is 19.4 Å². The van der Waals surface area contributed by atoms with Gasteiger partial charge in [-0.15, -0.1) is 0 Å². The Hall–Kier alpha value is -3.61. The van der Waals surface area contributed by atoms with Crippen LogP contribution in [0.15, 0.2) is 63.8 Å². The minimum absolute atomic E-state index is 0.0614. The number of anilines is 1. The highest BCUT2D eigenvalue weighted by Gasteiger charge is 2.18. The fourth-order valence-electron chi connectivity index (χ4n) is 2.72. The predicted octanol–water partition coefficient (Wildman–Crippen LogP) is 2.83. The molecule has 3 rings (SSSR count). The van der Waals surface area contributed by atoms with E-state index in [0.717, 1.165) is 10.9 Å². The molecule has 150 valence electrons. The molecule has 29 heavy (non-hydrogen) atoms. The second-order valence-corrected chi connectivity index (χ2v) is 6.83. The molecule has 0 bridgehead atoms. The van der Waals surface area contributed by atoms with Crippen molar-refractivity contribution in [2.75, 3.05) is 19.4 Å². The minimum atomic E-state index is -0.805. The van der Waals surface area contributed by atoms with Gasteiger partial charge in [0.05, 0.1) is 6.42 Å². The number of para-hydroxylation sites is 1. The van der Waals surface area contributed by atoms with E-state index in [1.165, 1.54) is 11.0 Å². The summed E-state index contributed by atoms with van der Waals surface area (Å²) in [6.45, 7) is 1.62. The second kappa shape index (κ2) is 8.60. The molecule has 2 amide bonds. The molecule has 2 aromatic carbocycles. The SMILES string of the molecule is CC(Oc1ccc2ccc(=O)oc2c1)C(=O)Nc1ccccc1CC(=O)N(C)C. The number of carbonyl (C=O) groups excluding carboxylic acids is 2. The molecule has 0 saturated carbocycles. The third-order valence-electron chi connectivity index (χ3n) is 4.39. The Balaban J connectivity index is 1.71. The number of benzene rings is 2. The van der Waals surface area contributed by atoms with E-state index in [1.54, 1.807) is 63.5 Å². The van der Waals surface area contributed by atoms with Crippen LogP contribution in [0.4, 0.5) is 5.69 Å². The normalized spacial score (nSPS) is 11.7. The standard InChI is InChI=1S/C22H22N2O5/c1-14(28-17-10-8-15-9-11-21(26)29-19(15)13-17)22(27)23-18-7-5-4-6-16(18)12-20(25)24(2)3/h4-11,13-14H,12H2,1-3H3,(H,23,27). The van der Waals surface area contributed by atoms with Crippen molar-refractivity contribution in [1.29, 1.82) is 0 Å². The number of fused-ring (bicyclic) bond motifs is 1. The fraction of sp³-hybridized carbons (Fsp3) is 0.227.